The van der Waals surface area contributed by atoms with Crippen LogP contribution in [-0.4, -0.2) is 28.0 Å². The van der Waals surface area contributed by atoms with Gasteiger partial charge in [0.05, 0.1) is 5.69 Å². The molecule has 0 aliphatic carbocycles. The molecule has 5 heteroatoms. The number of piperidine rings is 1. The molecule has 2 aromatic rings. The molecule has 3 rings (SSSR count). The van der Waals surface area contributed by atoms with Crippen molar-refractivity contribution in [2.24, 2.45) is 5.73 Å². The van der Waals surface area contributed by atoms with Gasteiger partial charge in [-0.05, 0) is 33.1 Å². The van der Waals surface area contributed by atoms with Crippen LogP contribution in [0.15, 0.2) is 11.6 Å². The molecule has 0 aromatic carbocycles. The van der Waals surface area contributed by atoms with Crippen LogP contribution < -0.4 is 10.6 Å². The van der Waals surface area contributed by atoms with E-state index in [4.69, 9.17) is 10.7 Å². The first-order valence-corrected chi connectivity index (χ1v) is 8.01. The van der Waals surface area contributed by atoms with Crippen molar-refractivity contribution in [2.75, 3.05) is 11.4 Å². The second-order valence-corrected chi connectivity index (χ2v) is 6.53. The fourth-order valence-electron chi connectivity index (χ4n) is 2.96. The predicted molar refractivity (Wildman–Crippen MR) is 81.1 cm³/mol. The molecule has 2 unspecified atom stereocenters. The van der Waals surface area contributed by atoms with Crippen molar-refractivity contribution in [3.63, 3.8) is 0 Å². The third-order valence-corrected chi connectivity index (χ3v) is 4.69. The number of imidazole rings is 1. The van der Waals surface area contributed by atoms with Gasteiger partial charge in [-0.15, -0.1) is 11.3 Å². The van der Waals surface area contributed by atoms with Gasteiger partial charge in [0.15, 0.2) is 10.8 Å². The van der Waals surface area contributed by atoms with Crippen LogP contribution in [-0.2, 0) is 6.42 Å². The van der Waals surface area contributed by atoms with E-state index >= 15 is 0 Å². The Kier molecular flexibility index (Phi) is 3.50. The SMILES string of the molecule is CC(N)Cc1c(N2CCCCC2C)nc2sccn12. The lowest BCUT2D eigenvalue weighted by molar-refractivity contribution is 0.480. The minimum absolute atomic E-state index is 0.165. The minimum atomic E-state index is 0.165. The van der Waals surface area contributed by atoms with E-state index in [9.17, 15) is 0 Å². The fourth-order valence-corrected chi connectivity index (χ4v) is 3.69. The molecule has 19 heavy (non-hydrogen) atoms. The van der Waals surface area contributed by atoms with Crippen molar-refractivity contribution >= 4 is 22.1 Å². The first-order chi connectivity index (χ1) is 9.16. The summed E-state index contributed by atoms with van der Waals surface area (Å²) in [7, 11) is 0. The summed E-state index contributed by atoms with van der Waals surface area (Å²) in [5, 5.41) is 2.09. The lowest BCUT2D eigenvalue weighted by Crippen LogP contribution is -2.38. The number of rotatable bonds is 3. The zero-order valence-electron chi connectivity index (χ0n) is 11.7. The summed E-state index contributed by atoms with van der Waals surface area (Å²) in [5.41, 5.74) is 7.30. The number of hydrogen-bond acceptors (Lipinski definition) is 4. The standard InChI is InChI=1S/C14H22N4S/c1-10(15)9-12-13(16-14-18(12)7-8-19-14)17-6-4-3-5-11(17)2/h7-8,10-11H,3-6,9,15H2,1-2H3. The van der Waals surface area contributed by atoms with Crippen LogP contribution in [0.2, 0.25) is 0 Å². The Hall–Kier alpha value is -1.07. The van der Waals surface area contributed by atoms with Gasteiger partial charge in [0.2, 0.25) is 0 Å². The Morgan fingerprint density at radius 3 is 3.11 bits per heavy atom. The highest BCUT2D eigenvalue weighted by molar-refractivity contribution is 7.15. The second kappa shape index (κ2) is 5.13. The molecule has 2 atom stereocenters. The van der Waals surface area contributed by atoms with Crippen LogP contribution in [0.1, 0.15) is 38.8 Å². The van der Waals surface area contributed by atoms with Crippen LogP contribution in [0.5, 0.6) is 0 Å². The van der Waals surface area contributed by atoms with Crippen LogP contribution in [0.25, 0.3) is 4.96 Å². The van der Waals surface area contributed by atoms with Gasteiger partial charge >= 0.3 is 0 Å². The number of anilines is 1. The summed E-state index contributed by atoms with van der Waals surface area (Å²) in [6, 6.07) is 0.754. The van der Waals surface area contributed by atoms with Crippen molar-refractivity contribution in [1.82, 2.24) is 9.38 Å². The minimum Gasteiger partial charge on any atom is -0.352 e. The number of fused-ring (bicyclic) bond motifs is 1. The largest absolute Gasteiger partial charge is 0.352 e. The molecule has 0 bridgehead atoms. The summed E-state index contributed by atoms with van der Waals surface area (Å²) >= 11 is 1.70. The molecule has 1 aliphatic heterocycles. The molecular weight excluding hydrogens is 256 g/mol. The van der Waals surface area contributed by atoms with Gasteiger partial charge in [0, 0.05) is 36.6 Å². The highest BCUT2D eigenvalue weighted by Gasteiger charge is 2.25. The summed E-state index contributed by atoms with van der Waals surface area (Å²) in [4.78, 5) is 8.41. The van der Waals surface area contributed by atoms with E-state index in [-0.39, 0.29) is 6.04 Å². The molecule has 1 saturated heterocycles. The third kappa shape index (κ3) is 2.37. The van der Waals surface area contributed by atoms with E-state index in [1.807, 2.05) is 0 Å². The predicted octanol–water partition coefficient (Wildman–Crippen LogP) is 2.66. The summed E-state index contributed by atoms with van der Waals surface area (Å²) < 4.78 is 2.21. The zero-order valence-corrected chi connectivity index (χ0v) is 12.5. The summed E-state index contributed by atoms with van der Waals surface area (Å²) in [6.07, 6.45) is 6.87. The van der Waals surface area contributed by atoms with Gasteiger partial charge in [0.1, 0.15) is 0 Å². The Labute approximate surface area is 118 Å². The first kappa shape index (κ1) is 12.9. The van der Waals surface area contributed by atoms with Crippen LogP contribution in [0, 0.1) is 0 Å². The fraction of sp³-hybridized carbons (Fsp3) is 0.643. The van der Waals surface area contributed by atoms with Gasteiger partial charge in [-0.2, -0.15) is 0 Å². The molecule has 2 N–H and O–H groups in total. The van der Waals surface area contributed by atoms with Crippen LogP contribution >= 0.6 is 11.3 Å². The number of thiazole rings is 1. The average molecular weight is 278 g/mol. The average Bonchev–Trinajstić information content (AvgIpc) is 2.92. The van der Waals surface area contributed by atoms with Crippen molar-refractivity contribution in [2.45, 2.75) is 51.6 Å². The highest BCUT2D eigenvalue weighted by atomic mass is 32.1. The van der Waals surface area contributed by atoms with Gasteiger partial charge in [-0.3, -0.25) is 4.40 Å². The maximum absolute atomic E-state index is 6.02. The molecule has 2 aromatic heterocycles. The molecule has 0 spiro atoms. The molecule has 1 aliphatic rings. The maximum atomic E-state index is 6.02. The quantitative estimate of drug-likeness (QED) is 0.939. The Balaban J connectivity index is 2.03. The van der Waals surface area contributed by atoms with E-state index in [1.165, 1.54) is 25.0 Å². The number of nitrogens with zero attached hydrogens (tertiary/aromatic N) is 3. The summed E-state index contributed by atoms with van der Waals surface area (Å²) in [5.74, 6) is 1.16. The van der Waals surface area contributed by atoms with Gasteiger partial charge in [-0.1, -0.05) is 0 Å². The van der Waals surface area contributed by atoms with E-state index in [2.05, 4.69) is 34.7 Å². The molecule has 0 radical (unpaired) electrons. The van der Waals surface area contributed by atoms with E-state index in [0.29, 0.717) is 6.04 Å². The van der Waals surface area contributed by atoms with Gasteiger partial charge in [-0.25, -0.2) is 4.98 Å². The number of aromatic nitrogens is 2. The molecule has 104 valence electrons. The molecule has 3 heterocycles. The van der Waals surface area contributed by atoms with E-state index < -0.39 is 0 Å². The Morgan fingerprint density at radius 2 is 2.37 bits per heavy atom. The van der Waals surface area contributed by atoms with Crippen molar-refractivity contribution in [1.29, 1.82) is 0 Å². The second-order valence-electron chi connectivity index (χ2n) is 5.66. The molecule has 1 fully saturated rings. The van der Waals surface area contributed by atoms with Crippen LogP contribution in [0.3, 0.4) is 0 Å². The topological polar surface area (TPSA) is 46.6 Å². The molecule has 0 saturated carbocycles. The Morgan fingerprint density at radius 1 is 1.53 bits per heavy atom. The lowest BCUT2D eigenvalue weighted by Gasteiger charge is -2.34. The maximum Gasteiger partial charge on any atom is 0.195 e. The zero-order chi connectivity index (χ0) is 13.4. The van der Waals surface area contributed by atoms with E-state index in [0.717, 1.165) is 23.7 Å². The van der Waals surface area contributed by atoms with Crippen LogP contribution in [0.4, 0.5) is 5.82 Å². The Bertz CT molecular complexity index is 557. The van der Waals surface area contributed by atoms with E-state index in [1.54, 1.807) is 11.3 Å². The monoisotopic (exact) mass is 278 g/mol. The first-order valence-electron chi connectivity index (χ1n) is 7.13. The molecule has 4 nitrogen and oxygen atoms in total. The van der Waals surface area contributed by atoms with Crippen molar-refractivity contribution in [3.05, 3.63) is 17.3 Å². The smallest absolute Gasteiger partial charge is 0.195 e. The highest BCUT2D eigenvalue weighted by Crippen LogP contribution is 2.30. The lowest BCUT2D eigenvalue weighted by atomic mass is 10.0. The normalized spacial score (nSPS) is 22.1. The van der Waals surface area contributed by atoms with Crippen molar-refractivity contribution < 1.29 is 0 Å². The number of hydrogen-bond donors (Lipinski definition) is 1. The summed E-state index contributed by atoms with van der Waals surface area (Å²) in [6.45, 7) is 5.50. The van der Waals surface area contributed by atoms with Crippen molar-refractivity contribution in [3.8, 4) is 0 Å². The van der Waals surface area contributed by atoms with Gasteiger partial charge in [0.25, 0.3) is 0 Å². The molecule has 0 amide bonds. The molecular formula is C14H22N4S. The third-order valence-electron chi connectivity index (χ3n) is 3.93. The number of nitrogens with two attached hydrogens (primary N) is 1. The van der Waals surface area contributed by atoms with Gasteiger partial charge < -0.3 is 10.6 Å².